The van der Waals surface area contributed by atoms with Crippen molar-refractivity contribution in [3.63, 3.8) is 0 Å². The summed E-state index contributed by atoms with van der Waals surface area (Å²) in [5.41, 5.74) is -1.44. The first kappa shape index (κ1) is 13.1. The van der Waals surface area contributed by atoms with Gasteiger partial charge < -0.3 is 24.7 Å². The van der Waals surface area contributed by atoms with Gasteiger partial charge in [-0.2, -0.15) is 0 Å². The zero-order valence-corrected chi connectivity index (χ0v) is 9.29. The van der Waals surface area contributed by atoms with Crippen LogP contribution in [-0.4, -0.2) is 50.5 Å². The number of rotatable bonds is 3. The molecule has 0 aliphatic carbocycles. The molecule has 0 bridgehead atoms. The molecule has 1 unspecified atom stereocenters. The molecule has 1 rings (SSSR count). The highest BCUT2D eigenvalue weighted by Gasteiger charge is 2.50. The van der Waals surface area contributed by atoms with E-state index in [-0.39, 0.29) is 0 Å². The molecule has 1 saturated heterocycles. The molecule has 1 fully saturated rings. The standard InChI is InChI=1S/C7H15O7P/c1-4-7(2,9)6(8)5(14-4)3-13-15(10,11)12/h4-6,8-9H,3H2,1-2H3,(H2,10,11,12)/t4?,5-,6-,7+/m1/s1. The molecule has 0 aromatic heterocycles. The average Bonchev–Trinajstić information content (AvgIpc) is 2.25. The van der Waals surface area contributed by atoms with Gasteiger partial charge in [0.1, 0.15) is 17.8 Å². The van der Waals surface area contributed by atoms with Crippen LogP contribution >= 0.6 is 7.82 Å². The largest absolute Gasteiger partial charge is 0.469 e. The Bertz CT molecular complexity index is 273. The lowest BCUT2D eigenvalue weighted by Gasteiger charge is -2.24. The van der Waals surface area contributed by atoms with Crippen LogP contribution in [-0.2, 0) is 13.8 Å². The number of aliphatic hydroxyl groups is 2. The minimum absolute atomic E-state index is 0.466. The van der Waals surface area contributed by atoms with E-state index in [1.165, 1.54) is 6.92 Å². The Hall–Kier alpha value is -0.0100. The first-order valence-corrected chi connectivity index (χ1v) is 5.93. The summed E-state index contributed by atoms with van der Waals surface area (Å²) in [6.07, 6.45) is -2.81. The number of hydrogen-bond acceptors (Lipinski definition) is 5. The Kier molecular flexibility index (Phi) is 3.57. The Morgan fingerprint density at radius 2 is 2.07 bits per heavy atom. The molecule has 90 valence electrons. The highest BCUT2D eigenvalue weighted by atomic mass is 31.2. The van der Waals surface area contributed by atoms with Crippen molar-refractivity contribution >= 4 is 7.82 Å². The molecule has 0 aromatic rings. The van der Waals surface area contributed by atoms with E-state index < -0.39 is 38.3 Å². The second kappa shape index (κ2) is 4.10. The topological polar surface area (TPSA) is 116 Å². The Balaban J connectivity index is 2.57. The second-order valence-electron chi connectivity index (χ2n) is 3.77. The highest BCUT2D eigenvalue weighted by molar-refractivity contribution is 7.46. The van der Waals surface area contributed by atoms with Gasteiger partial charge >= 0.3 is 7.82 Å². The van der Waals surface area contributed by atoms with Crippen LogP contribution in [0.5, 0.6) is 0 Å². The van der Waals surface area contributed by atoms with E-state index in [0.29, 0.717) is 0 Å². The fourth-order valence-corrected chi connectivity index (χ4v) is 1.73. The minimum atomic E-state index is -4.58. The second-order valence-corrected chi connectivity index (χ2v) is 5.01. The van der Waals surface area contributed by atoms with Crippen LogP contribution in [0.25, 0.3) is 0 Å². The van der Waals surface area contributed by atoms with Crippen molar-refractivity contribution in [3.05, 3.63) is 0 Å². The van der Waals surface area contributed by atoms with Gasteiger partial charge in [0.25, 0.3) is 0 Å². The summed E-state index contributed by atoms with van der Waals surface area (Å²) in [6, 6.07) is 0. The SMILES string of the molecule is CC1O[C@H](COP(=O)(O)O)[C@@H](O)[C@@]1(C)O. The Labute approximate surface area is 86.9 Å². The van der Waals surface area contributed by atoms with Gasteiger partial charge in [-0.15, -0.1) is 0 Å². The predicted octanol–water partition coefficient (Wildman–Crippen LogP) is -1.01. The van der Waals surface area contributed by atoms with Crippen LogP contribution in [0, 0.1) is 0 Å². The number of ether oxygens (including phenoxy) is 1. The third-order valence-electron chi connectivity index (χ3n) is 2.56. The zero-order chi connectivity index (χ0) is 11.9. The summed E-state index contributed by atoms with van der Waals surface area (Å²) >= 11 is 0. The van der Waals surface area contributed by atoms with Gasteiger partial charge in [-0.25, -0.2) is 4.57 Å². The average molecular weight is 242 g/mol. The van der Waals surface area contributed by atoms with Crippen molar-refractivity contribution in [2.45, 2.75) is 37.8 Å². The number of aliphatic hydroxyl groups excluding tert-OH is 1. The fraction of sp³-hybridized carbons (Fsp3) is 1.00. The molecule has 1 heterocycles. The van der Waals surface area contributed by atoms with Crippen molar-refractivity contribution in [2.75, 3.05) is 6.61 Å². The van der Waals surface area contributed by atoms with Gasteiger partial charge in [-0.05, 0) is 13.8 Å². The van der Waals surface area contributed by atoms with Gasteiger partial charge in [0, 0.05) is 0 Å². The van der Waals surface area contributed by atoms with E-state index in [4.69, 9.17) is 14.5 Å². The van der Waals surface area contributed by atoms with Crippen LogP contribution in [0.4, 0.5) is 0 Å². The monoisotopic (exact) mass is 242 g/mol. The summed E-state index contributed by atoms with van der Waals surface area (Å²) in [7, 11) is -4.58. The molecule has 1 aliphatic rings. The Morgan fingerprint density at radius 3 is 2.40 bits per heavy atom. The maximum atomic E-state index is 10.4. The van der Waals surface area contributed by atoms with Crippen molar-refractivity contribution in [3.8, 4) is 0 Å². The summed E-state index contributed by atoms with van der Waals surface area (Å²) in [4.78, 5) is 16.9. The molecular weight excluding hydrogens is 227 g/mol. The molecule has 15 heavy (non-hydrogen) atoms. The molecular formula is C7H15O7P. The third kappa shape index (κ3) is 2.98. The normalized spacial score (nSPS) is 42.1. The van der Waals surface area contributed by atoms with Crippen LogP contribution in [0.3, 0.4) is 0 Å². The van der Waals surface area contributed by atoms with E-state index in [2.05, 4.69) is 4.52 Å². The predicted molar refractivity (Wildman–Crippen MR) is 49.0 cm³/mol. The molecule has 1 aliphatic heterocycles. The van der Waals surface area contributed by atoms with E-state index in [0.717, 1.165) is 0 Å². The van der Waals surface area contributed by atoms with E-state index in [9.17, 15) is 14.8 Å². The summed E-state index contributed by atoms with van der Waals surface area (Å²) in [6.45, 7) is 2.48. The van der Waals surface area contributed by atoms with Crippen LogP contribution in [0.15, 0.2) is 0 Å². The van der Waals surface area contributed by atoms with Crippen molar-refractivity contribution in [1.82, 2.24) is 0 Å². The molecule has 4 atom stereocenters. The molecule has 0 spiro atoms. The summed E-state index contributed by atoms with van der Waals surface area (Å²) < 4.78 is 19.7. The molecule has 7 nitrogen and oxygen atoms in total. The lowest BCUT2D eigenvalue weighted by molar-refractivity contribution is -0.0572. The van der Waals surface area contributed by atoms with Crippen LogP contribution in [0.1, 0.15) is 13.8 Å². The Morgan fingerprint density at radius 1 is 1.53 bits per heavy atom. The molecule has 0 radical (unpaired) electrons. The first-order valence-electron chi connectivity index (χ1n) is 4.40. The van der Waals surface area contributed by atoms with E-state index >= 15 is 0 Å². The van der Waals surface area contributed by atoms with Gasteiger partial charge in [0.2, 0.25) is 0 Å². The maximum absolute atomic E-state index is 10.4. The van der Waals surface area contributed by atoms with Crippen LogP contribution < -0.4 is 0 Å². The van der Waals surface area contributed by atoms with Crippen molar-refractivity contribution < 1.29 is 33.8 Å². The van der Waals surface area contributed by atoms with E-state index in [1.54, 1.807) is 6.92 Å². The lowest BCUT2D eigenvalue weighted by atomic mass is 9.94. The first-order chi connectivity index (χ1) is 6.64. The van der Waals surface area contributed by atoms with Gasteiger partial charge in [-0.3, -0.25) is 4.52 Å². The summed E-state index contributed by atoms with van der Waals surface area (Å²) in [5.74, 6) is 0. The van der Waals surface area contributed by atoms with E-state index in [1.807, 2.05) is 0 Å². The zero-order valence-electron chi connectivity index (χ0n) is 8.40. The quantitative estimate of drug-likeness (QED) is 0.469. The van der Waals surface area contributed by atoms with Gasteiger partial charge in [0.15, 0.2) is 0 Å². The number of phosphoric ester groups is 1. The third-order valence-corrected chi connectivity index (χ3v) is 3.05. The number of hydrogen-bond donors (Lipinski definition) is 4. The van der Waals surface area contributed by atoms with Gasteiger partial charge in [0.05, 0.1) is 12.7 Å². The van der Waals surface area contributed by atoms with Crippen molar-refractivity contribution in [2.24, 2.45) is 0 Å². The summed E-state index contributed by atoms with van der Waals surface area (Å²) in [5, 5.41) is 19.3. The molecule has 0 amide bonds. The molecule has 0 saturated carbocycles. The maximum Gasteiger partial charge on any atom is 0.469 e. The van der Waals surface area contributed by atoms with Gasteiger partial charge in [-0.1, -0.05) is 0 Å². The number of phosphoric acid groups is 1. The minimum Gasteiger partial charge on any atom is -0.387 e. The highest BCUT2D eigenvalue weighted by Crippen LogP contribution is 2.38. The van der Waals surface area contributed by atoms with Crippen LogP contribution in [0.2, 0.25) is 0 Å². The molecule has 0 aromatic carbocycles. The fourth-order valence-electron chi connectivity index (χ4n) is 1.39. The lowest BCUT2D eigenvalue weighted by Crippen LogP contribution is -2.44. The van der Waals surface area contributed by atoms with Crippen molar-refractivity contribution in [1.29, 1.82) is 0 Å². The molecule has 8 heteroatoms. The molecule has 4 N–H and O–H groups in total. The smallest absolute Gasteiger partial charge is 0.387 e.